The zero-order valence-electron chi connectivity index (χ0n) is 20.2. The van der Waals surface area contributed by atoms with Crippen molar-refractivity contribution in [2.45, 2.75) is 20.4 Å². The Bertz CT molecular complexity index is 1890. The van der Waals surface area contributed by atoms with E-state index < -0.39 is 0 Å². The van der Waals surface area contributed by atoms with Crippen LogP contribution in [-0.4, -0.2) is 34.8 Å². The summed E-state index contributed by atoms with van der Waals surface area (Å²) in [5, 5.41) is 16.0. The van der Waals surface area contributed by atoms with Crippen LogP contribution in [0.15, 0.2) is 71.8 Å². The molecule has 0 saturated heterocycles. The normalized spacial score (nSPS) is 11.4. The molecule has 0 radical (unpaired) electrons. The smallest absolute Gasteiger partial charge is 0.259 e. The Hall–Kier alpha value is -5.05. The number of hydrogen-bond acceptors (Lipinski definition) is 7. The number of fused-ring (bicyclic) bond motifs is 2. The number of nitrogens with zero attached hydrogens (tertiary/aromatic N) is 5. The number of nitrogens with one attached hydrogen (secondary N) is 1. The number of aromatic hydroxyl groups is 1. The first kappa shape index (κ1) is 22.4. The molecule has 9 nitrogen and oxygen atoms in total. The molecule has 3 aromatic carbocycles. The number of phenolic OH excluding ortho intramolecular Hbond substituents is 1. The van der Waals surface area contributed by atoms with Crippen molar-refractivity contribution in [3.63, 3.8) is 0 Å². The van der Waals surface area contributed by atoms with Crippen LogP contribution < -0.4 is 11.3 Å². The maximum atomic E-state index is 12.8. The van der Waals surface area contributed by atoms with Gasteiger partial charge in [-0.05, 0) is 55.3 Å². The summed E-state index contributed by atoms with van der Waals surface area (Å²) in [5.74, 6) is 0.916. The van der Waals surface area contributed by atoms with E-state index in [4.69, 9.17) is 15.8 Å². The van der Waals surface area contributed by atoms with Crippen molar-refractivity contribution < 1.29 is 5.11 Å². The second-order valence-corrected chi connectivity index (χ2v) is 9.05. The molecule has 0 amide bonds. The van der Waals surface area contributed by atoms with E-state index in [-0.39, 0.29) is 11.3 Å². The molecular formula is C28H23N7O2. The Labute approximate surface area is 211 Å². The summed E-state index contributed by atoms with van der Waals surface area (Å²) in [6, 6.07) is 18.2. The van der Waals surface area contributed by atoms with Gasteiger partial charge in [-0.2, -0.15) is 5.10 Å². The van der Waals surface area contributed by atoms with E-state index in [1.807, 2.05) is 44.2 Å². The molecule has 0 bridgehead atoms. The van der Waals surface area contributed by atoms with Crippen molar-refractivity contribution in [1.82, 2.24) is 29.7 Å². The van der Waals surface area contributed by atoms with Crippen LogP contribution in [0.4, 0.5) is 5.82 Å². The lowest BCUT2D eigenvalue weighted by Crippen LogP contribution is -2.12. The zero-order chi connectivity index (χ0) is 25.7. The van der Waals surface area contributed by atoms with Gasteiger partial charge in [0.15, 0.2) is 5.65 Å². The summed E-state index contributed by atoms with van der Waals surface area (Å²) < 4.78 is 1.77. The number of nitrogens with two attached hydrogens (primary N) is 1. The SMILES string of the molecule is Cc1cc(C)c(Cn2nc(-c3cccc(O)c3)c3c(N)ncnc32)c(-c2nc3ccccc3c(=O)[nH]2)c1. The number of nitrogen functional groups attached to an aromatic ring is 1. The van der Waals surface area contributed by atoms with Crippen molar-refractivity contribution in [2.24, 2.45) is 0 Å². The number of aromatic amines is 1. The molecule has 0 saturated carbocycles. The summed E-state index contributed by atoms with van der Waals surface area (Å²) in [5.41, 5.74) is 12.4. The number of hydrogen-bond donors (Lipinski definition) is 3. The molecular weight excluding hydrogens is 466 g/mol. The summed E-state index contributed by atoms with van der Waals surface area (Å²) >= 11 is 0. The third kappa shape index (κ3) is 3.86. The number of anilines is 1. The van der Waals surface area contributed by atoms with Gasteiger partial charge in [-0.1, -0.05) is 35.9 Å². The minimum absolute atomic E-state index is 0.124. The fourth-order valence-electron chi connectivity index (χ4n) is 4.78. The number of H-pyrrole nitrogens is 1. The summed E-state index contributed by atoms with van der Waals surface area (Å²) in [7, 11) is 0. The van der Waals surface area contributed by atoms with Crippen LogP contribution in [0.3, 0.4) is 0 Å². The maximum absolute atomic E-state index is 12.8. The Morgan fingerprint density at radius 3 is 2.70 bits per heavy atom. The predicted molar refractivity (Wildman–Crippen MR) is 143 cm³/mol. The highest BCUT2D eigenvalue weighted by atomic mass is 16.3. The number of rotatable bonds is 4. The van der Waals surface area contributed by atoms with Gasteiger partial charge < -0.3 is 15.8 Å². The van der Waals surface area contributed by atoms with Gasteiger partial charge >= 0.3 is 0 Å². The van der Waals surface area contributed by atoms with E-state index in [0.717, 1.165) is 22.3 Å². The Kier molecular flexibility index (Phi) is 5.19. The first-order valence-electron chi connectivity index (χ1n) is 11.7. The first-order chi connectivity index (χ1) is 17.9. The van der Waals surface area contributed by atoms with Gasteiger partial charge in [0.25, 0.3) is 5.56 Å². The van der Waals surface area contributed by atoms with Crippen LogP contribution in [0.2, 0.25) is 0 Å². The van der Waals surface area contributed by atoms with Crippen LogP contribution in [0.25, 0.3) is 44.6 Å². The summed E-state index contributed by atoms with van der Waals surface area (Å²) in [6.45, 7) is 4.39. The van der Waals surface area contributed by atoms with Crippen LogP contribution in [0, 0.1) is 13.8 Å². The van der Waals surface area contributed by atoms with E-state index in [2.05, 4.69) is 21.0 Å². The molecule has 0 fully saturated rings. The van der Waals surface area contributed by atoms with Crippen molar-refractivity contribution in [2.75, 3.05) is 5.73 Å². The molecule has 0 aliphatic carbocycles. The highest BCUT2D eigenvalue weighted by Gasteiger charge is 2.20. The molecule has 0 unspecified atom stereocenters. The van der Waals surface area contributed by atoms with Crippen molar-refractivity contribution >= 4 is 27.8 Å². The summed E-state index contributed by atoms with van der Waals surface area (Å²) in [6.07, 6.45) is 1.41. The van der Waals surface area contributed by atoms with Crippen molar-refractivity contribution in [3.8, 4) is 28.4 Å². The molecule has 182 valence electrons. The highest BCUT2D eigenvalue weighted by Crippen LogP contribution is 2.33. The Morgan fingerprint density at radius 2 is 1.86 bits per heavy atom. The zero-order valence-corrected chi connectivity index (χ0v) is 20.2. The largest absolute Gasteiger partial charge is 0.508 e. The minimum Gasteiger partial charge on any atom is -0.508 e. The molecule has 0 spiro atoms. The highest BCUT2D eigenvalue weighted by molar-refractivity contribution is 5.98. The van der Waals surface area contributed by atoms with Crippen molar-refractivity contribution in [1.29, 1.82) is 0 Å². The van der Waals surface area contributed by atoms with Gasteiger partial charge in [0.2, 0.25) is 0 Å². The van der Waals surface area contributed by atoms with Crippen LogP contribution in [0.1, 0.15) is 16.7 Å². The second-order valence-electron chi connectivity index (χ2n) is 9.05. The first-order valence-corrected chi connectivity index (χ1v) is 11.7. The second kappa shape index (κ2) is 8.56. The van der Waals surface area contributed by atoms with E-state index in [1.165, 1.54) is 6.33 Å². The van der Waals surface area contributed by atoms with Gasteiger partial charge in [-0.15, -0.1) is 0 Å². The van der Waals surface area contributed by atoms with E-state index in [1.54, 1.807) is 28.9 Å². The fraction of sp³-hybridized carbons (Fsp3) is 0.107. The summed E-state index contributed by atoms with van der Waals surface area (Å²) in [4.78, 5) is 29.2. The topological polar surface area (TPSA) is 136 Å². The molecule has 0 atom stereocenters. The molecule has 9 heteroatoms. The Morgan fingerprint density at radius 1 is 1.03 bits per heavy atom. The van der Waals surface area contributed by atoms with Gasteiger partial charge in [0.1, 0.15) is 29.4 Å². The number of phenols is 1. The van der Waals surface area contributed by atoms with Crippen LogP contribution in [0.5, 0.6) is 5.75 Å². The molecule has 3 aromatic heterocycles. The van der Waals surface area contributed by atoms with Gasteiger partial charge in [0, 0.05) is 11.1 Å². The van der Waals surface area contributed by atoms with E-state index in [9.17, 15) is 9.90 Å². The molecule has 4 N–H and O–H groups in total. The lowest BCUT2D eigenvalue weighted by Gasteiger charge is -2.15. The quantitative estimate of drug-likeness (QED) is 0.335. The minimum atomic E-state index is -0.193. The predicted octanol–water partition coefficient (Wildman–Crippen LogP) is 4.35. The lowest BCUT2D eigenvalue weighted by atomic mass is 9.98. The van der Waals surface area contributed by atoms with Crippen LogP contribution >= 0.6 is 0 Å². The van der Waals surface area contributed by atoms with E-state index >= 15 is 0 Å². The molecule has 3 heterocycles. The standard InChI is InChI=1S/C28H23N7O2/c1-15-10-16(2)21(20(11-15)26-32-22-9-4-3-8-19(22)28(37)33-26)13-35-27-23(25(29)30-14-31-27)24(34-35)17-6-5-7-18(36)12-17/h3-12,14,36H,13H2,1-2H3,(H2,29,30,31)(H,32,33,37). The van der Waals surface area contributed by atoms with Crippen molar-refractivity contribution in [3.05, 3.63) is 94.0 Å². The average Bonchev–Trinajstić information content (AvgIpc) is 3.25. The monoisotopic (exact) mass is 489 g/mol. The molecule has 37 heavy (non-hydrogen) atoms. The third-order valence-corrected chi connectivity index (χ3v) is 6.47. The molecule has 6 aromatic rings. The number of para-hydroxylation sites is 1. The average molecular weight is 490 g/mol. The fourth-order valence-corrected chi connectivity index (χ4v) is 4.78. The van der Waals surface area contributed by atoms with Crippen LogP contribution in [-0.2, 0) is 6.54 Å². The third-order valence-electron chi connectivity index (χ3n) is 6.47. The lowest BCUT2D eigenvalue weighted by molar-refractivity contribution is 0.475. The molecule has 0 aliphatic heterocycles. The number of benzene rings is 3. The molecule has 6 rings (SSSR count). The maximum Gasteiger partial charge on any atom is 0.259 e. The van der Waals surface area contributed by atoms with Gasteiger partial charge in [-0.3, -0.25) is 4.79 Å². The Balaban J connectivity index is 1.56. The number of aryl methyl sites for hydroxylation is 2. The number of aromatic nitrogens is 6. The van der Waals surface area contributed by atoms with E-state index in [0.29, 0.717) is 51.4 Å². The molecule has 0 aliphatic rings. The van der Waals surface area contributed by atoms with Gasteiger partial charge in [0.05, 0.1) is 22.8 Å². The van der Waals surface area contributed by atoms with Gasteiger partial charge in [-0.25, -0.2) is 19.6 Å².